The molecular weight excluding hydrogens is 584 g/mol. The van der Waals surface area contributed by atoms with Crippen molar-refractivity contribution < 1.29 is 33.6 Å². The number of hydrogen-bond donors (Lipinski definition) is 1. The average Bonchev–Trinajstić information content (AvgIpc) is 3.81. The Morgan fingerprint density at radius 1 is 1.05 bits per heavy atom. The van der Waals surface area contributed by atoms with E-state index in [1.165, 1.54) is 4.90 Å². The summed E-state index contributed by atoms with van der Waals surface area (Å²) in [6, 6.07) is 13.2. The minimum absolute atomic E-state index is 0.0302. The van der Waals surface area contributed by atoms with Crippen LogP contribution in [0.3, 0.4) is 0 Å². The Kier molecular flexibility index (Phi) is 11.6. The summed E-state index contributed by atoms with van der Waals surface area (Å²) in [4.78, 5) is 31.1. The number of aliphatic hydroxyl groups is 1. The smallest absolute Gasteiger partial charge is 0.410 e. The summed E-state index contributed by atoms with van der Waals surface area (Å²) in [6.45, 7) is 7.60. The maximum Gasteiger partial charge on any atom is 0.410 e. The molecule has 44 heavy (non-hydrogen) atoms. The van der Waals surface area contributed by atoms with Gasteiger partial charge in [0.1, 0.15) is 23.6 Å². The quantitative estimate of drug-likeness (QED) is 0.289. The molecule has 1 heterocycles. The lowest BCUT2D eigenvalue weighted by Crippen LogP contribution is -2.58. The summed E-state index contributed by atoms with van der Waals surface area (Å²) in [6.07, 6.45) is 3.11. The highest BCUT2D eigenvalue weighted by Gasteiger charge is 2.51. The average molecular weight is 631 g/mol. The molecule has 2 amide bonds. The van der Waals surface area contributed by atoms with E-state index in [9.17, 15) is 14.7 Å². The number of rotatable bonds is 13. The van der Waals surface area contributed by atoms with Crippen molar-refractivity contribution in [3.05, 3.63) is 64.2 Å². The van der Waals surface area contributed by atoms with E-state index in [0.717, 1.165) is 42.6 Å². The van der Waals surface area contributed by atoms with Crippen molar-refractivity contribution in [2.75, 3.05) is 47.1 Å². The van der Waals surface area contributed by atoms with Crippen LogP contribution in [0.25, 0.3) is 0 Å². The topological polar surface area (TPSA) is 97.8 Å². The van der Waals surface area contributed by atoms with Gasteiger partial charge in [-0.15, -0.1) is 0 Å². The third-order valence-electron chi connectivity index (χ3n) is 8.04. The molecule has 2 aromatic rings. The molecular formula is C34H47ClN2O7. The van der Waals surface area contributed by atoms with Crippen LogP contribution in [-0.4, -0.2) is 85.7 Å². The van der Waals surface area contributed by atoms with Crippen molar-refractivity contribution >= 4 is 23.6 Å². The van der Waals surface area contributed by atoms with Gasteiger partial charge in [-0.3, -0.25) is 4.79 Å². The number of likely N-dealkylation sites (tertiary alicyclic amines) is 1. The van der Waals surface area contributed by atoms with Gasteiger partial charge in [0.15, 0.2) is 0 Å². The first-order valence-electron chi connectivity index (χ1n) is 15.4. The molecule has 1 aliphatic heterocycles. The predicted molar refractivity (Wildman–Crippen MR) is 169 cm³/mol. The van der Waals surface area contributed by atoms with Crippen LogP contribution in [0.15, 0.2) is 42.5 Å². The van der Waals surface area contributed by atoms with Gasteiger partial charge in [0.05, 0.1) is 12.5 Å². The van der Waals surface area contributed by atoms with Crippen LogP contribution in [0.5, 0.6) is 5.75 Å². The maximum atomic E-state index is 14.6. The molecule has 10 heteroatoms. The Bertz CT molecular complexity index is 1250. The largest absolute Gasteiger partial charge is 0.491 e. The number of methoxy groups -OCH3 is 2. The lowest BCUT2D eigenvalue weighted by Gasteiger charge is -2.45. The zero-order chi connectivity index (χ0) is 31.9. The van der Waals surface area contributed by atoms with Gasteiger partial charge in [-0.2, -0.15) is 0 Å². The molecule has 1 saturated heterocycles. The normalized spacial score (nSPS) is 20.3. The minimum atomic E-state index is -1.51. The molecule has 1 N–H and O–H groups in total. The lowest BCUT2D eigenvalue weighted by atomic mass is 9.75. The van der Waals surface area contributed by atoms with Crippen LogP contribution >= 0.6 is 11.6 Å². The Balaban J connectivity index is 1.65. The second-order valence-corrected chi connectivity index (χ2v) is 13.2. The van der Waals surface area contributed by atoms with Gasteiger partial charge in [-0.05, 0) is 93.8 Å². The number of halogens is 1. The number of amides is 2. The van der Waals surface area contributed by atoms with E-state index in [0.29, 0.717) is 37.0 Å². The number of carbonyl (C=O) groups excluding carboxylic acids is 2. The molecule has 0 spiro atoms. The number of ether oxygens (including phenoxy) is 4. The number of aryl methyl sites for hydroxylation is 1. The molecule has 0 aromatic heterocycles. The summed E-state index contributed by atoms with van der Waals surface area (Å²) in [5.74, 6) is -0.389. The monoisotopic (exact) mass is 630 g/mol. The van der Waals surface area contributed by atoms with Gasteiger partial charge in [0.25, 0.3) is 0 Å². The van der Waals surface area contributed by atoms with Gasteiger partial charge in [-0.25, -0.2) is 4.79 Å². The highest BCUT2D eigenvalue weighted by molar-refractivity contribution is 6.30. The van der Waals surface area contributed by atoms with Crippen LogP contribution in [0, 0.1) is 5.92 Å². The van der Waals surface area contributed by atoms with E-state index in [1.54, 1.807) is 38.5 Å². The van der Waals surface area contributed by atoms with E-state index >= 15 is 0 Å². The predicted octanol–water partition coefficient (Wildman–Crippen LogP) is 5.58. The molecule has 1 aliphatic carbocycles. The van der Waals surface area contributed by atoms with Gasteiger partial charge in [0.2, 0.25) is 5.91 Å². The van der Waals surface area contributed by atoms with E-state index < -0.39 is 23.2 Å². The molecule has 1 saturated carbocycles. The highest BCUT2D eigenvalue weighted by atomic mass is 35.5. The number of hydrogen-bond acceptors (Lipinski definition) is 7. The first-order valence-corrected chi connectivity index (χ1v) is 15.8. The molecule has 0 unspecified atom stereocenters. The second-order valence-electron chi connectivity index (χ2n) is 12.8. The van der Waals surface area contributed by atoms with Crippen molar-refractivity contribution in [2.24, 2.45) is 5.92 Å². The first-order chi connectivity index (χ1) is 20.9. The third kappa shape index (κ3) is 9.10. The summed E-state index contributed by atoms with van der Waals surface area (Å²) < 4.78 is 22.0. The molecule has 2 fully saturated rings. The lowest BCUT2D eigenvalue weighted by molar-refractivity contribution is -0.155. The third-order valence-corrected chi connectivity index (χ3v) is 8.27. The fraction of sp³-hybridized carbons (Fsp3) is 0.588. The Hall–Kier alpha value is -2.85. The molecule has 242 valence electrons. The van der Waals surface area contributed by atoms with Gasteiger partial charge in [-0.1, -0.05) is 29.8 Å². The molecule has 2 atom stereocenters. The van der Waals surface area contributed by atoms with Gasteiger partial charge < -0.3 is 33.9 Å². The van der Waals surface area contributed by atoms with E-state index in [-0.39, 0.29) is 31.5 Å². The van der Waals surface area contributed by atoms with Crippen LogP contribution in [0.4, 0.5) is 4.79 Å². The van der Waals surface area contributed by atoms with Crippen LogP contribution in [0.1, 0.15) is 63.1 Å². The fourth-order valence-corrected chi connectivity index (χ4v) is 5.89. The molecule has 9 nitrogen and oxygen atoms in total. The van der Waals surface area contributed by atoms with Crippen molar-refractivity contribution in [2.45, 2.75) is 76.7 Å². The van der Waals surface area contributed by atoms with Gasteiger partial charge in [0, 0.05) is 51.5 Å². The number of piperidine rings is 1. The summed E-state index contributed by atoms with van der Waals surface area (Å²) >= 11 is 6.34. The number of carbonyl (C=O) groups is 2. The number of benzene rings is 2. The van der Waals surface area contributed by atoms with Crippen molar-refractivity contribution in [1.29, 1.82) is 0 Å². The second kappa shape index (κ2) is 15.0. The summed E-state index contributed by atoms with van der Waals surface area (Å²) in [5, 5.41) is 12.7. The standard InChI is InChI=1S/C34H47ClN2O7/c1-33(2,3)44-32(39)36-14-13-34(40,26-9-6-10-27(35)21-26)30(23-36)31(38)37(28-11-12-28)22-25-18-24(8-7-15-41-4)19-29(20-25)43-17-16-42-5/h6,9-10,18-21,28,30,40H,7-8,11-17,22-23H2,1-5H3/t30-,34+/m1/s1. The number of nitrogens with zero attached hydrogens (tertiary/aromatic N) is 2. The molecule has 2 aliphatic rings. The molecule has 0 bridgehead atoms. The Morgan fingerprint density at radius 2 is 1.77 bits per heavy atom. The molecule has 4 rings (SSSR count). The van der Waals surface area contributed by atoms with Crippen LogP contribution in [-0.2, 0) is 37.6 Å². The van der Waals surface area contributed by atoms with E-state index in [1.807, 2.05) is 37.8 Å². The van der Waals surface area contributed by atoms with Crippen molar-refractivity contribution in [1.82, 2.24) is 9.80 Å². The molecule has 0 radical (unpaired) electrons. The highest BCUT2D eigenvalue weighted by Crippen LogP contribution is 2.42. The van der Waals surface area contributed by atoms with Crippen LogP contribution < -0.4 is 4.74 Å². The van der Waals surface area contributed by atoms with Crippen molar-refractivity contribution in [3.8, 4) is 5.75 Å². The summed E-state index contributed by atoms with van der Waals surface area (Å²) in [7, 11) is 3.32. The van der Waals surface area contributed by atoms with Gasteiger partial charge >= 0.3 is 6.09 Å². The zero-order valence-corrected chi connectivity index (χ0v) is 27.4. The van der Waals surface area contributed by atoms with E-state index in [2.05, 4.69) is 6.07 Å². The van der Waals surface area contributed by atoms with Crippen molar-refractivity contribution in [3.63, 3.8) is 0 Å². The SMILES string of the molecule is COCCCc1cc(CN(C(=O)[C@H]2CN(C(=O)OC(C)(C)C)CC[C@]2(O)c2cccc(Cl)c2)C2CC2)cc(OCCOC)c1. The van der Waals surface area contributed by atoms with Crippen LogP contribution in [0.2, 0.25) is 5.02 Å². The maximum absolute atomic E-state index is 14.6. The van der Waals surface area contributed by atoms with E-state index in [4.69, 9.17) is 30.5 Å². The zero-order valence-electron chi connectivity index (χ0n) is 26.6. The summed E-state index contributed by atoms with van der Waals surface area (Å²) in [5.41, 5.74) is 0.411. The first kappa shape index (κ1) is 34.0. The minimum Gasteiger partial charge on any atom is -0.491 e. The fourth-order valence-electron chi connectivity index (χ4n) is 5.70. The molecule has 2 aromatic carbocycles. The Labute approximate surface area is 266 Å². The Morgan fingerprint density at radius 3 is 2.43 bits per heavy atom.